The van der Waals surface area contributed by atoms with Crippen LogP contribution in [0.15, 0.2) is 54.2 Å². The Morgan fingerprint density at radius 2 is 2.13 bits per heavy atom. The van der Waals surface area contributed by atoms with Crippen molar-refractivity contribution in [2.24, 2.45) is 0 Å². The van der Waals surface area contributed by atoms with Gasteiger partial charge in [0.1, 0.15) is 5.82 Å². The highest BCUT2D eigenvalue weighted by molar-refractivity contribution is 7.89. The van der Waals surface area contributed by atoms with E-state index < -0.39 is 10.0 Å². The number of aromatic nitrogens is 4. The number of hydrogen-bond acceptors (Lipinski definition) is 4. The Hall–Kier alpha value is -2.45. The normalized spacial score (nSPS) is 11.7. The van der Waals surface area contributed by atoms with E-state index in [4.69, 9.17) is 0 Å². The van der Waals surface area contributed by atoms with Crippen LogP contribution in [-0.4, -0.2) is 27.9 Å². The Kier molecular flexibility index (Phi) is 4.26. The van der Waals surface area contributed by atoms with Crippen molar-refractivity contribution in [3.63, 3.8) is 0 Å². The molecule has 0 spiro atoms. The van der Waals surface area contributed by atoms with Crippen molar-refractivity contribution in [1.82, 2.24) is 24.2 Å². The summed E-state index contributed by atoms with van der Waals surface area (Å²) in [5.74, 6) is 0.643. The largest absolute Gasteiger partial charge is 0.332 e. The van der Waals surface area contributed by atoms with Gasteiger partial charge in [-0.2, -0.15) is 0 Å². The minimum Gasteiger partial charge on any atom is -0.332 e. The summed E-state index contributed by atoms with van der Waals surface area (Å²) >= 11 is 0. The molecule has 23 heavy (non-hydrogen) atoms. The molecule has 120 valence electrons. The van der Waals surface area contributed by atoms with Crippen LogP contribution in [0.4, 0.5) is 0 Å². The summed E-state index contributed by atoms with van der Waals surface area (Å²) < 4.78 is 29.1. The minimum absolute atomic E-state index is 0.0782. The molecular formula is C15H17N5O2S. The summed E-state index contributed by atoms with van der Waals surface area (Å²) in [5, 5.41) is 0.0782. The Balaban J connectivity index is 1.81. The number of rotatable bonds is 6. The van der Waals surface area contributed by atoms with Crippen LogP contribution in [0.3, 0.4) is 0 Å². The lowest BCUT2D eigenvalue weighted by atomic mass is 10.2. The van der Waals surface area contributed by atoms with Crippen LogP contribution >= 0.6 is 0 Å². The first-order valence-corrected chi connectivity index (χ1v) is 8.68. The van der Waals surface area contributed by atoms with Crippen molar-refractivity contribution in [1.29, 1.82) is 0 Å². The predicted molar refractivity (Wildman–Crippen MR) is 85.6 cm³/mol. The molecule has 0 bridgehead atoms. The third-order valence-electron chi connectivity index (χ3n) is 3.46. The molecule has 0 aliphatic rings. The minimum atomic E-state index is -3.63. The van der Waals surface area contributed by atoms with Crippen LogP contribution in [-0.2, 0) is 23.0 Å². The first-order valence-electron chi connectivity index (χ1n) is 7.20. The Labute approximate surface area is 134 Å². The fourth-order valence-electron chi connectivity index (χ4n) is 2.22. The van der Waals surface area contributed by atoms with Crippen molar-refractivity contribution in [2.75, 3.05) is 0 Å². The molecule has 0 fully saturated rings. The number of para-hydroxylation sites is 1. The van der Waals surface area contributed by atoms with Gasteiger partial charge < -0.3 is 9.55 Å². The van der Waals surface area contributed by atoms with Gasteiger partial charge in [-0.3, -0.25) is 0 Å². The van der Waals surface area contributed by atoms with Crippen molar-refractivity contribution in [2.45, 2.75) is 24.9 Å². The molecule has 0 aliphatic carbocycles. The van der Waals surface area contributed by atoms with E-state index in [2.05, 4.69) is 19.7 Å². The van der Waals surface area contributed by atoms with Crippen LogP contribution in [0, 0.1) is 0 Å². The lowest BCUT2D eigenvalue weighted by Crippen LogP contribution is -2.24. The topological polar surface area (TPSA) is 92.7 Å². The fourth-order valence-corrected chi connectivity index (χ4v) is 3.17. The zero-order valence-corrected chi connectivity index (χ0v) is 13.4. The van der Waals surface area contributed by atoms with E-state index in [9.17, 15) is 8.42 Å². The van der Waals surface area contributed by atoms with Gasteiger partial charge in [-0.05, 0) is 11.6 Å². The van der Waals surface area contributed by atoms with Gasteiger partial charge in [0.05, 0.1) is 18.2 Å². The molecule has 0 unspecified atom stereocenters. The third kappa shape index (κ3) is 3.33. The summed E-state index contributed by atoms with van der Waals surface area (Å²) in [6.07, 6.45) is 7.16. The highest BCUT2D eigenvalue weighted by Crippen LogP contribution is 2.15. The van der Waals surface area contributed by atoms with Gasteiger partial charge in [-0.1, -0.05) is 25.1 Å². The number of aromatic amines is 1. The predicted octanol–water partition coefficient (Wildman–Crippen LogP) is 1.64. The number of benzene rings is 1. The first-order chi connectivity index (χ1) is 11.1. The van der Waals surface area contributed by atoms with Crippen LogP contribution in [0.1, 0.15) is 18.3 Å². The summed E-state index contributed by atoms with van der Waals surface area (Å²) in [7, 11) is -3.63. The van der Waals surface area contributed by atoms with E-state index >= 15 is 0 Å². The van der Waals surface area contributed by atoms with Crippen LogP contribution in [0.25, 0.3) is 5.69 Å². The number of hydrogen-bond donors (Lipinski definition) is 2. The van der Waals surface area contributed by atoms with Crippen molar-refractivity contribution < 1.29 is 8.42 Å². The van der Waals surface area contributed by atoms with E-state index in [0.717, 1.165) is 11.3 Å². The zero-order chi connectivity index (χ0) is 16.3. The van der Waals surface area contributed by atoms with Gasteiger partial charge in [0.25, 0.3) is 10.0 Å². The molecule has 0 saturated carbocycles. The third-order valence-corrected chi connectivity index (χ3v) is 4.77. The highest BCUT2D eigenvalue weighted by Gasteiger charge is 2.17. The Morgan fingerprint density at radius 3 is 2.83 bits per heavy atom. The number of sulfonamides is 1. The van der Waals surface area contributed by atoms with Crippen LogP contribution in [0.2, 0.25) is 0 Å². The maximum atomic E-state index is 12.3. The lowest BCUT2D eigenvalue weighted by Gasteiger charge is -2.11. The van der Waals surface area contributed by atoms with Crippen molar-refractivity contribution >= 4 is 10.0 Å². The molecule has 0 saturated heterocycles. The maximum absolute atomic E-state index is 12.3. The van der Waals surface area contributed by atoms with Crippen molar-refractivity contribution in [3.8, 4) is 5.69 Å². The lowest BCUT2D eigenvalue weighted by molar-refractivity contribution is 0.577. The SMILES string of the molecule is CCc1ncc(S(=O)(=O)NCc2ccccc2-n2ccnc2)[nH]1. The average molecular weight is 331 g/mol. The summed E-state index contributed by atoms with van der Waals surface area (Å²) in [4.78, 5) is 10.9. The molecule has 2 heterocycles. The fraction of sp³-hybridized carbons (Fsp3) is 0.200. The quantitative estimate of drug-likeness (QED) is 0.718. The zero-order valence-electron chi connectivity index (χ0n) is 12.6. The molecule has 7 nitrogen and oxygen atoms in total. The average Bonchev–Trinajstić information content (AvgIpc) is 3.24. The van der Waals surface area contributed by atoms with Crippen LogP contribution < -0.4 is 4.72 Å². The highest BCUT2D eigenvalue weighted by atomic mass is 32.2. The van der Waals surface area contributed by atoms with E-state index in [-0.39, 0.29) is 11.6 Å². The standard InChI is InChI=1S/C15H17N5O2S/c1-2-14-17-10-15(19-14)23(21,22)18-9-12-5-3-4-6-13(12)20-8-7-16-11-20/h3-8,10-11,18H,2,9H2,1H3,(H,17,19). The second kappa shape index (κ2) is 6.35. The summed E-state index contributed by atoms with van der Waals surface area (Å²) in [5.41, 5.74) is 1.73. The second-order valence-corrected chi connectivity index (χ2v) is 6.71. The maximum Gasteiger partial charge on any atom is 0.257 e. The van der Waals surface area contributed by atoms with Gasteiger partial charge in [-0.25, -0.2) is 23.1 Å². The molecule has 0 aliphatic heterocycles. The Morgan fingerprint density at radius 1 is 1.30 bits per heavy atom. The molecule has 2 N–H and O–H groups in total. The molecule has 3 rings (SSSR count). The summed E-state index contributed by atoms with van der Waals surface area (Å²) in [6.45, 7) is 2.08. The van der Waals surface area contributed by atoms with Gasteiger partial charge in [-0.15, -0.1) is 0 Å². The van der Waals surface area contributed by atoms with Gasteiger partial charge in [0.2, 0.25) is 0 Å². The summed E-state index contributed by atoms with van der Waals surface area (Å²) in [6, 6.07) is 7.56. The molecule has 1 aromatic carbocycles. The number of imidazole rings is 2. The molecule has 8 heteroatoms. The van der Waals surface area contributed by atoms with Crippen LogP contribution in [0.5, 0.6) is 0 Å². The van der Waals surface area contributed by atoms with Crippen molar-refractivity contribution in [3.05, 3.63) is 60.6 Å². The monoisotopic (exact) mass is 331 g/mol. The van der Waals surface area contributed by atoms with E-state index in [0.29, 0.717) is 12.2 Å². The molecule has 2 aromatic heterocycles. The van der Waals surface area contributed by atoms with E-state index in [1.165, 1.54) is 6.20 Å². The van der Waals surface area contributed by atoms with E-state index in [1.54, 1.807) is 12.5 Å². The van der Waals surface area contributed by atoms with E-state index in [1.807, 2.05) is 42.0 Å². The second-order valence-electron chi connectivity index (χ2n) is 4.97. The van der Waals surface area contributed by atoms with Gasteiger partial charge in [0.15, 0.2) is 5.03 Å². The number of nitrogens with zero attached hydrogens (tertiary/aromatic N) is 3. The Bertz CT molecular complexity index is 884. The number of nitrogens with one attached hydrogen (secondary N) is 2. The molecule has 3 aromatic rings. The number of H-pyrrole nitrogens is 1. The molecule has 0 atom stereocenters. The molecule has 0 radical (unpaired) electrons. The smallest absolute Gasteiger partial charge is 0.257 e. The number of aryl methyl sites for hydroxylation is 1. The molecular weight excluding hydrogens is 314 g/mol. The van der Waals surface area contributed by atoms with Gasteiger partial charge in [0, 0.05) is 25.4 Å². The van der Waals surface area contributed by atoms with Gasteiger partial charge >= 0.3 is 0 Å². The first kappa shape index (κ1) is 15.4. The molecule has 0 amide bonds.